The highest BCUT2D eigenvalue weighted by atomic mass is 32.2. The van der Waals surface area contributed by atoms with Gasteiger partial charge in [0, 0.05) is 13.1 Å². The van der Waals surface area contributed by atoms with Gasteiger partial charge >= 0.3 is 0 Å². The van der Waals surface area contributed by atoms with Crippen molar-refractivity contribution >= 4 is 10.0 Å². The zero-order valence-corrected chi connectivity index (χ0v) is 9.59. The summed E-state index contributed by atoms with van der Waals surface area (Å²) < 4.78 is 25.1. The minimum atomic E-state index is -2.98. The zero-order valence-electron chi connectivity index (χ0n) is 8.78. The van der Waals surface area contributed by atoms with Gasteiger partial charge in [0.1, 0.15) is 0 Å². The van der Waals surface area contributed by atoms with Crippen molar-refractivity contribution in [3.8, 4) is 0 Å². The molecule has 0 spiro atoms. The molecular formula is C10H19NO2S. The average molecular weight is 217 g/mol. The third-order valence-electron chi connectivity index (χ3n) is 2.67. The topological polar surface area (TPSA) is 37.4 Å². The van der Waals surface area contributed by atoms with Crippen LogP contribution in [0.15, 0.2) is 12.7 Å². The average Bonchev–Trinajstić information content (AvgIpc) is 2.63. The van der Waals surface area contributed by atoms with E-state index in [0.29, 0.717) is 24.8 Å². The van der Waals surface area contributed by atoms with Crippen molar-refractivity contribution in [1.82, 2.24) is 4.31 Å². The molecule has 1 heterocycles. The summed E-state index contributed by atoms with van der Waals surface area (Å²) in [6.07, 6.45) is 4.47. The highest BCUT2D eigenvalue weighted by molar-refractivity contribution is 7.89. The normalized spacial score (nSPS) is 23.9. The van der Waals surface area contributed by atoms with E-state index in [4.69, 9.17) is 0 Å². The monoisotopic (exact) mass is 217 g/mol. The van der Waals surface area contributed by atoms with Crippen molar-refractivity contribution in [3.05, 3.63) is 12.7 Å². The van der Waals surface area contributed by atoms with Gasteiger partial charge < -0.3 is 0 Å². The molecule has 0 aliphatic carbocycles. The molecule has 82 valence electrons. The zero-order chi connectivity index (χ0) is 10.6. The van der Waals surface area contributed by atoms with Gasteiger partial charge in [-0.1, -0.05) is 19.4 Å². The highest BCUT2D eigenvalue weighted by Crippen LogP contribution is 2.20. The second-order valence-electron chi connectivity index (χ2n) is 3.81. The minimum Gasteiger partial charge on any atom is -0.212 e. The predicted octanol–water partition coefficient (Wildman–Crippen LogP) is 1.62. The lowest BCUT2D eigenvalue weighted by atomic mass is 10.1. The maximum atomic E-state index is 11.7. The summed E-state index contributed by atoms with van der Waals surface area (Å²) in [5, 5.41) is 0. The van der Waals surface area contributed by atoms with Crippen LogP contribution >= 0.6 is 0 Å². The number of nitrogens with zero attached hydrogens (tertiary/aromatic N) is 1. The molecule has 1 fully saturated rings. The van der Waals surface area contributed by atoms with E-state index in [2.05, 4.69) is 6.58 Å². The molecule has 1 rings (SSSR count). The first kappa shape index (κ1) is 11.7. The Kier molecular flexibility index (Phi) is 4.13. The van der Waals surface area contributed by atoms with Crippen LogP contribution in [0.1, 0.15) is 26.2 Å². The number of rotatable bonds is 5. The summed E-state index contributed by atoms with van der Waals surface area (Å²) in [7, 11) is -2.98. The third kappa shape index (κ3) is 2.82. The second kappa shape index (κ2) is 4.94. The molecular weight excluding hydrogens is 198 g/mol. The Morgan fingerprint density at radius 2 is 2.29 bits per heavy atom. The Bertz CT molecular complexity index is 284. The van der Waals surface area contributed by atoms with Crippen molar-refractivity contribution < 1.29 is 8.42 Å². The molecule has 0 N–H and O–H groups in total. The van der Waals surface area contributed by atoms with E-state index in [0.717, 1.165) is 19.3 Å². The molecule has 0 amide bonds. The van der Waals surface area contributed by atoms with Crippen molar-refractivity contribution in [3.63, 3.8) is 0 Å². The highest BCUT2D eigenvalue weighted by Gasteiger charge is 2.29. The Hall–Kier alpha value is -0.350. The molecule has 4 heteroatoms. The molecule has 0 aromatic heterocycles. The Morgan fingerprint density at radius 1 is 1.57 bits per heavy atom. The smallest absolute Gasteiger partial charge is 0.212 e. The fraction of sp³-hybridized carbons (Fsp3) is 0.800. The molecule has 0 saturated carbocycles. The molecule has 1 atom stereocenters. The molecule has 1 aliphatic heterocycles. The van der Waals surface area contributed by atoms with Gasteiger partial charge in [0.25, 0.3) is 0 Å². The van der Waals surface area contributed by atoms with Crippen LogP contribution in [-0.2, 0) is 10.0 Å². The maximum absolute atomic E-state index is 11.7. The van der Waals surface area contributed by atoms with Crippen LogP contribution in [0.3, 0.4) is 0 Å². The van der Waals surface area contributed by atoms with Gasteiger partial charge in [-0.25, -0.2) is 12.7 Å². The predicted molar refractivity (Wildman–Crippen MR) is 58.6 cm³/mol. The first-order chi connectivity index (χ1) is 6.60. The van der Waals surface area contributed by atoms with Gasteiger partial charge in [0.2, 0.25) is 10.0 Å². The third-order valence-corrected chi connectivity index (χ3v) is 4.59. The van der Waals surface area contributed by atoms with Crippen LogP contribution in [0.4, 0.5) is 0 Å². The summed E-state index contributed by atoms with van der Waals surface area (Å²) in [5.41, 5.74) is 0. The Balaban J connectivity index is 2.53. The lowest BCUT2D eigenvalue weighted by molar-refractivity contribution is 0.468. The molecule has 14 heavy (non-hydrogen) atoms. The first-order valence-electron chi connectivity index (χ1n) is 5.20. The number of unbranched alkanes of at least 4 members (excludes halogenated alkanes) is 1. The summed E-state index contributed by atoms with van der Waals surface area (Å²) in [6.45, 7) is 7.01. The molecule has 1 saturated heterocycles. The largest absolute Gasteiger partial charge is 0.214 e. The fourth-order valence-electron chi connectivity index (χ4n) is 1.65. The van der Waals surface area contributed by atoms with Gasteiger partial charge in [-0.3, -0.25) is 0 Å². The van der Waals surface area contributed by atoms with Crippen LogP contribution in [0.5, 0.6) is 0 Å². The molecule has 1 unspecified atom stereocenters. The number of hydrogen-bond donors (Lipinski definition) is 0. The SMILES string of the molecule is C=CC1CCN(S(=O)(=O)CCCC)C1. The van der Waals surface area contributed by atoms with Crippen LogP contribution in [0.25, 0.3) is 0 Å². The molecule has 1 aliphatic rings. The van der Waals surface area contributed by atoms with Gasteiger partial charge in [-0.15, -0.1) is 6.58 Å². The van der Waals surface area contributed by atoms with E-state index in [1.165, 1.54) is 0 Å². The summed E-state index contributed by atoms with van der Waals surface area (Å²) in [5.74, 6) is 0.652. The van der Waals surface area contributed by atoms with Gasteiger partial charge in [-0.2, -0.15) is 0 Å². The van der Waals surface area contributed by atoms with E-state index in [1.807, 2.05) is 13.0 Å². The number of sulfonamides is 1. The molecule has 3 nitrogen and oxygen atoms in total. The fourth-order valence-corrected chi connectivity index (χ4v) is 3.37. The van der Waals surface area contributed by atoms with Gasteiger partial charge in [-0.05, 0) is 18.8 Å². The Morgan fingerprint density at radius 3 is 2.79 bits per heavy atom. The van der Waals surface area contributed by atoms with E-state index in [-0.39, 0.29) is 0 Å². The molecule has 0 aromatic carbocycles. The van der Waals surface area contributed by atoms with Crippen LogP contribution in [-0.4, -0.2) is 31.6 Å². The molecule has 0 radical (unpaired) electrons. The van der Waals surface area contributed by atoms with E-state index >= 15 is 0 Å². The van der Waals surface area contributed by atoms with E-state index < -0.39 is 10.0 Å². The maximum Gasteiger partial charge on any atom is 0.214 e. The summed E-state index contributed by atoms with van der Waals surface area (Å²) in [4.78, 5) is 0. The van der Waals surface area contributed by atoms with Gasteiger partial charge in [0.15, 0.2) is 0 Å². The quantitative estimate of drug-likeness (QED) is 0.656. The van der Waals surface area contributed by atoms with Crippen LogP contribution in [0, 0.1) is 5.92 Å². The van der Waals surface area contributed by atoms with Crippen LogP contribution in [0.2, 0.25) is 0 Å². The standard InChI is InChI=1S/C10H19NO2S/c1-3-5-8-14(12,13)11-7-6-10(4-2)9-11/h4,10H,2-3,5-9H2,1H3. The summed E-state index contributed by atoms with van der Waals surface area (Å²) in [6, 6.07) is 0. The first-order valence-corrected chi connectivity index (χ1v) is 6.81. The number of hydrogen-bond acceptors (Lipinski definition) is 2. The lowest BCUT2D eigenvalue weighted by Crippen LogP contribution is -2.30. The van der Waals surface area contributed by atoms with Crippen molar-refractivity contribution in [2.24, 2.45) is 5.92 Å². The Labute approximate surface area is 86.8 Å². The van der Waals surface area contributed by atoms with Crippen molar-refractivity contribution in [2.45, 2.75) is 26.2 Å². The van der Waals surface area contributed by atoms with Crippen molar-refractivity contribution in [1.29, 1.82) is 0 Å². The lowest BCUT2D eigenvalue weighted by Gasteiger charge is -2.15. The summed E-state index contributed by atoms with van der Waals surface area (Å²) >= 11 is 0. The molecule has 0 aromatic rings. The van der Waals surface area contributed by atoms with E-state index in [9.17, 15) is 8.42 Å². The second-order valence-corrected chi connectivity index (χ2v) is 5.90. The molecule has 0 bridgehead atoms. The van der Waals surface area contributed by atoms with Gasteiger partial charge in [0.05, 0.1) is 5.75 Å². The van der Waals surface area contributed by atoms with Crippen LogP contribution < -0.4 is 0 Å². The van der Waals surface area contributed by atoms with E-state index in [1.54, 1.807) is 4.31 Å². The van der Waals surface area contributed by atoms with Crippen molar-refractivity contribution in [2.75, 3.05) is 18.8 Å². The minimum absolute atomic E-state index is 0.299.